The Balaban J connectivity index is 2.26. The number of rotatable bonds is 3. The van der Waals surface area contributed by atoms with Crippen LogP contribution in [0.25, 0.3) is 0 Å². The summed E-state index contributed by atoms with van der Waals surface area (Å²) in [7, 11) is 1.28. The van der Waals surface area contributed by atoms with Gasteiger partial charge in [0, 0.05) is 0 Å². The van der Waals surface area contributed by atoms with Crippen LogP contribution in [0.2, 0.25) is 0 Å². The molecule has 0 saturated carbocycles. The van der Waals surface area contributed by atoms with E-state index < -0.39 is 36.1 Å². The molecule has 2 rings (SSSR count). The first kappa shape index (κ1) is 16.2. The number of aliphatic hydroxyl groups is 1. The van der Waals surface area contributed by atoms with Gasteiger partial charge in [-0.05, 0) is 19.8 Å². The van der Waals surface area contributed by atoms with Crippen LogP contribution in [0.3, 0.4) is 0 Å². The van der Waals surface area contributed by atoms with Gasteiger partial charge in [-0.2, -0.15) is 0 Å². The zero-order chi connectivity index (χ0) is 15.9. The summed E-state index contributed by atoms with van der Waals surface area (Å²) in [5.74, 6) is -1.91. The average molecular weight is 301 g/mol. The average Bonchev–Trinajstić information content (AvgIpc) is 2.71. The summed E-state index contributed by atoms with van der Waals surface area (Å²) < 4.78 is 15.9. The van der Waals surface area contributed by atoms with Gasteiger partial charge in [-0.3, -0.25) is 4.79 Å². The number of ether oxygens (including phenoxy) is 3. The van der Waals surface area contributed by atoms with Gasteiger partial charge in [0.1, 0.15) is 18.2 Å². The summed E-state index contributed by atoms with van der Waals surface area (Å²) in [4.78, 5) is 25.9. The summed E-state index contributed by atoms with van der Waals surface area (Å²) in [6, 6.07) is -0.745. The molecule has 0 aromatic rings. The van der Waals surface area contributed by atoms with E-state index in [0.717, 1.165) is 0 Å². The molecule has 7 nitrogen and oxygen atoms in total. The number of hydrogen-bond donors (Lipinski definition) is 1. The van der Waals surface area contributed by atoms with Crippen molar-refractivity contribution < 1.29 is 28.9 Å². The van der Waals surface area contributed by atoms with Gasteiger partial charge in [-0.1, -0.05) is 13.8 Å². The number of esters is 1. The molecule has 2 aliphatic rings. The van der Waals surface area contributed by atoms with Crippen molar-refractivity contribution in [1.29, 1.82) is 0 Å². The molecule has 0 unspecified atom stereocenters. The van der Waals surface area contributed by atoms with E-state index in [1.807, 2.05) is 13.8 Å². The highest BCUT2D eigenvalue weighted by Crippen LogP contribution is 2.35. The normalized spacial score (nSPS) is 33.0. The van der Waals surface area contributed by atoms with Crippen LogP contribution in [0.4, 0.5) is 0 Å². The maximum Gasteiger partial charge on any atom is 0.328 e. The minimum atomic E-state index is -0.930. The number of β-amino-alcohol motifs (C(OH)–C–C–N with tert-alkyl or cyclic N) is 1. The van der Waals surface area contributed by atoms with Crippen LogP contribution in [0.15, 0.2) is 0 Å². The Morgan fingerprint density at radius 1 is 1.43 bits per heavy atom. The van der Waals surface area contributed by atoms with E-state index in [9.17, 15) is 14.7 Å². The lowest BCUT2D eigenvalue weighted by Crippen LogP contribution is -2.62. The fourth-order valence-corrected chi connectivity index (χ4v) is 2.95. The number of hydrogen-bond acceptors (Lipinski definition) is 6. The van der Waals surface area contributed by atoms with Crippen molar-refractivity contribution in [3.8, 4) is 0 Å². The van der Waals surface area contributed by atoms with Crippen molar-refractivity contribution in [3.05, 3.63) is 0 Å². The minimum Gasteiger partial charge on any atom is -0.467 e. The van der Waals surface area contributed by atoms with Gasteiger partial charge < -0.3 is 24.2 Å². The van der Waals surface area contributed by atoms with Gasteiger partial charge in [0.25, 0.3) is 5.91 Å². The second-order valence-electron chi connectivity index (χ2n) is 6.29. The fourth-order valence-electron chi connectivity index (χ4n) is 2.95. The van der Waals surface area contributed by atoms with E-state index in [4.69, 9.17) is 14.2 Å². The topological polar surface area (TPSA) is 85.3 Å². The first-order valence-corrected chi connectivity index (χ1v) is 7.10. The summed E-state index contributed by atoms with van der Waals surface area (Å²) >= 11 is 0. The van der Waals surface area contributed by atoms with Crippen molar-refractivity contribution >= 4 is 11.9 Å². The number of nitrogens with zero attached hydrogens (tertiary/aromatic N) is 1. The maximum absolute atomic E-state index is 12.6. The highest BCUT2D eigenvalue weighted by molar-refractivity contribution is 5.88. The first-order valence-electron chi connectivity index (χ1n) is 7.10. The molecule has 4 atom stereocenters. The van der Waals surface area contributed by atoms with Crippen LogP contribution in [0, 0.1) is 5.92 Å². The van der Waals surface area contributed by atoms with Gasteiger partial charge in [-0.15, -0.1) is 0 Å². The zero-order valence-electron chi connectivity index (χ0n) is 13.0. The summed E-state index contributed by atoms with van der Waals surface area (Å²) in [5.41, 5.74) is 0. The van der Waals surface area contributed by atoms with Crippen LogP contribution in [-0.4, -0.2) is 65.7 Å². The van der Waals surface area contributed by atoms with Crippen LogP contribution in [0.5, 0.6) is 0 Å². The van der Waals surface area contributed by atoms with E-state index in [1.165, 1.54) is 12.0 Å². The van der Waals surface area contributed by atoms with E-state index in [1.54, 1.807) is 13.8 Å². The SMILES string of the molecule is COC(=O)[C@H](C(C)C)N1C[C@@H](O)[C@H]2OC(C)(C)O[C@H]2C1=O. The molecule has 2 saturated heterocycles. The Labute approximate surface area is 124 Å². The number of likely N-dealkylation sites (tertiary alicyclic amines) is 1. The molecular weight excluding hydrogens is 278 g/mol. The maximum atomic E-state index is 12.6. The highest BCUT2D eigenvalue weighted by Gasteiger charge is 2.55. The summed E-state index contributed by atoms with van der Waals surface area (Å²) in [5, 5.41) is 10.2. The molecule has 1 N–H and O–H groups in total. The van der Waals surface area contributed by atoms with Gasteiger partial charge in [-0.25, -0.2) is 4.79 Å². The predicted octanol–water partition coefficient (Wildman–Crippen LogP) is -0.0928. The van der Waals surface area contributed by atoms with Gasteiger partial charge in [0.2, 0.25) is 0 Å². The minimum absolute atomic E-state index is 0.0252. The van der Waals surface area contributed by atoms with Gasteiger partial charge in [0.05, 0.1) is 13.7 Å². The van der Waals surface area contributed by atoms with Gasteiger partial charge >= 0.3 is 5.97 Å². The van der Waals surface area contributed by atoms with Crippen LogP contribution < -0.4 is 0 Å². The fraction of sp³-hybridized carbons (Fsp3) is 0.857. The van der Waals surface area contributed by atoms with Crippen molar-refractivity contribution in [2.24, 2.45) is 5.92 Å². The lowest BCUT2D eigenvalue weighted by atomic mass is 9.95. The molecule has 0 bridgehead atoms. The van der Waals surface area contributed by atoms with Crippen LogP contribution in [-0.2, 0) is 23.8 Å². The number of methoxy groups -OCH3 is 1. The highest BCUT2D eigenvalue weighted by atomic mass is 16.8. The molecular formula is C14H23NO6. The van der Waals surface area contributed by atoms with Crippen LogP contribution in [0.1, 0.15) is 27.7 Å². The number of carbonyl (C=O) groups excluding carboxylic acids is 2. The molecule has 7 heteroatoms. The van der Waals surface area contributed by atoms with Crippen molar-refractivity contribution in [2.45, 2.75) is 57.8 Å². The van der Waals surface area contributed by atoms with E-state index in [-0.39, 0.29) is 18.4 Å². The smallest absolute Gasteiger partial charge is 0.328 e. The number of fused-ring (bicyclic) bond motifs is 1. The Morgan fingerprint density at radius 2 is 2.05 bits per heavy atom. The Kier molecular flexibility index (Phi) is 4.28. The van der Waals surface area contributed by atoms with Crippen molar-refractivity contribution in [2.75, 3.05) is 13.7 Å². The van der Waals surface area contributed by atoms with Crippen molar-refractivity contribution in [1.82, 2.24) is 4.90 Å². The third-order valence-corrected chi connectivity index (χ3v) is 3.83. The largest absolute Gasteiger partial charge is 0.467 e. The third-order valence-electron chi connectivity index (χ3n) is 3.83. The number of aliphatic hydroxyl groups excluding tert-OH is 1. The van der Waals surface area contributed by atoms with Crippen molar-refractivity contribution in [3.63, 3.8) is 0 Å². The quantitative estimate of drug-likeness (QED) is 0.733. The standard InChI is InChI=1S/C14H23NO6/c1-7(2)9(13(18)19-5)15-6-8(16)10-11(12(15)17)21-14(3,4)20-10/h7-11,16H,6H2,1-5H3/t8-,9+,10-,11-/m1/s1. The number of carbonyl (C=O) groups is 2. The Hall–Kier alpha value is -1.18. The number of amides is 1. The second-order valence-corrected chi connectivity index (χ2v) is 6.29. The molecule has 1 amide bonds. The lowest BCUT2D eigenvalue weighted by molar-refractivity contribution is -0.168. The van der Waals surface area contributed by atoms with Crippen LogP contribution >= 0.6 is 0 Å². The molecule has 0 radical (unpaired) electrons. The third kappa shape index (κ3) is 2.90. The Bertz CT molecular complexity index is 435. The van der Waals surface area contributed by atoms with E-state index in [2.05, 4.69) is 0 Å². The lowest BCUT2D eigenvalue weighted by Gasteiger charge is -2.40. The summed E-state index contributed by atoms with van der Waals surface area (Å²) in [6.45, 7) is 7.05. The number of piperidine rings is 1. The Morgan fingerprint density at radius 3 is 2.57 bits per heavy atom. The molecule has 120 valence electrons. The summed E-state index contributed by atoms with van der Waals surface area (Å²) in [6.07, 6.45) is -2.50. The van der Waals surface area contributed by atoms with Gasteiger partial charge in [0.15, 0.2) is 11.9 Å². The predicted molar refractivity (Wildman–Crippen MR) is 72.2 cm³/mol. The van der Waals surface area contributed by atoms with E-state index >= 15 is 0 Å². The monoisotopic (exact) mass is 301 g/mol. The molecule has 2 aliphatic heterocycles. The molecule has 0 aliphatic carbocycles. The molecule has 21 heavy (non-hydrogen) atoms. The molecule has 2 fully saturated rings. The molecule has 0 spiro atoms. The molecule has 0 aromatic carbocycles. The second kappa shape index (κ2) is 5.55. The zero-order valence-corrected chi connectivity index (χ0v) is 13.0. The first-order chi connectivity index (χ1) is 9.68. The molecule has 0 aromatic heterocycles. The molecule has 2 heterocycles. The van der Waals surface area contributed by atoms with E-state index in [0.29, 0.717) is 0 Å².